The lowest BCUT2D eigenvalue weighted by Gasteiger charge is -2.25. The van der Waals surface area contributed by atoms with E-state index in [-0.39, 0.29) is 17.8 Å². The van der Waals surface area contributed by atoms with Crippen LogP contribution in [0.5, 0.6) is 5.75 Å². The highest BCUT2D eigenvalue weighted by atomic mass is 16.5. The number of benzene rings is 1. The van der Waals surface area contributed by atoms with Crippen LogP contribution in [-0.2, 0) is 16.0 Å². The van der Waals surface area contributed by atoms with E-state index in [1.807, 2.05) is 6.92 Å². The molecule has 0 bridgehead atoms. The van der Waals surface area contributed by atoms with E-state index in [0.717, 1.165) is 12.0 Å². The molecule has 5 heteroatoms. The normalized spacial score (nSPS) is 21.3. The SMILES string of the molecule is CC1CN(C(=O)C(N)Cc2ccc(O)cc2)CCCO1. The Kier molecular flexibility index (Phi) is 4.98. The zero-order valence-corrected chi connectivity index (χ0v) is 11.8. The summed E-state index contributed by atoms with van der Waals surface area (Å²) in [4.78, 5) is 14.2. The van der Waals surface area contributed by atoms with E-state index in [4.69, 9.17) is 10.5 Å². The molecule has 1 fully saturated rings. The molecule has 2 atom stereocenters. The molecule has 0 aromatic heterocycles. The first-order valence-corrected chi connectivity index (χ1v) is 7.00. The number of hydrogen-bond donors (Lipinski definition) is 2. The average molecular weight is 278 g/mol. The van der Waals surface area contributed by atoms with Crippen LogP contribution in [0.1, 0.15) is 18.9 Å². The molecule has 1 saturated heterocycles. The Morgan fingerprint density at radius 1 is 1.50 bits per heavy atom. The number of aromatic hydroxyl groups is 1. The molecule has 3 N–H and O–H groups in total. The third-order valence-corrected chi connectivity index (χ3v) is 3.47. The smallest absolute Gasteiger partial charge is 0.239 e. The van der Waals surface area contributed by atoms with E-state index in [1.54, 1.807) is 29.2 Å². The van der Waals surface area contributed by atoms with E-state index >= 15 is 0 Å². The number of amides is 1. The number of nitrogens with two attached hydrogens (primary N) is 1. The predicted octanol–water partition coefficient (Wildman–Crippen LogP) is 0.899. The minimum Gasteiger partial charge on any atom is -0.508 e. The maximum atomic E-state index is 12.4. The molecule has 1 aromatic carbocycles. The van der Waals surface area contributed by atoms with E-state index in [0.29, 0.717) is 26.1 Å². The van der Waals surface area contributed by atoms with Gasteiger partial charge in [0.1, 0.15) is 5.75 Å². The Hall–Kier alpha value is -1.59. The summed E-state index contributed by atoms with van der Waals surface area (Å²) < 4.78 is 5.53. The van der Waals surface area contributed by atoms with Crippen molar-refractivity contribution in [2.45, 2.75) is 31.9 Å². The molecule has 0 aliphatic carbocycles. The fourth-order valence-electron chi connectivity index (χ4n) is 2.40. The maximum Gasteiger partial charge on any atom is 0.239 e. The van der Waals surface area contributed by atoms with Crippen LogP contribution in [0.3, 0.4) is 0 Å². The Morgan fingerprint density at radius 2 is 2.20 bits per heavy atom. The Bertz CT molecular complexity index is 447. The number of carbonyl (C=O) groups is 1. The fraction of sp³-hybridized carbons (Fsp3) is 0.533. The standard InChI is InChI=1S/C15H22N2O3/c1-11-10-17(7-2-8-20-11)15(19)14(16)9-12-3-5-13(18)6-4-12/h3-6,11,14,18H,2,7-10,16H2,1H3. The van der Waals surface area contributed by atoms with Crippen molar-refractivity contribution >= 4 is 5.91 Å². The van der Waals surface area contributed by atoms with Gasteiger partial charge in [-0.3, -0.25) is 4.79 Å². The molecule has 2 unspecified atom stereocenters. The first-order valence-electron chi connectivity index (χ1n) is 7.00. The van der Waals surface area contributed by atoms with Crippen molar-refractivity contribution in [1.29, 1.82) is 0 Å². The first-order chi connectivity index (χ1) is 9.56. The van der Waals surface area contributed by atoms with Crippen LogP contribution in [0.2, 0.25) is 0 Å². The van der Waals surface area contributed by atoms with Crippen molar-refractivity contribution in [1.82, 2.24) is 4.90 Å². The van der Waals surface area contributed by atoms with Crippen LogP contribution in [0.15, 0.2) is 24.3 Å². The van der Waals surface area contributed by atoms with Crippen LogP contribution < -0.4 is 5.73 Å². The van der Waals surface area contributed by atoms with Crippen molar-refractivity contribution in [3.63, 3.8) is 0 Å². The predicted molar refractivity (Wildman–Crippen MR) is 76.4 cm³/mol. The number of carbonyl (C=O) groups excluding carboxylic acids is 1. The maximum absolute atomic E-state index is 12.4. The number of rotatable bonds is 3. The van der Waals surface area contributed by atoms with Crippen molar-refractivity contribution < 1.29 is 14.6 Å². The second-order valence-electron chi connectivity index (χ2n) is 5.30. The van der Waals surface area contributed by atoms with Crippen molar-refractivity contribution in [2.24, 2.45) is 5.73 Å². The third kappa shape index (κ3) is 3.95. The van der Waals surface area contributed by atoms with Gasteiger partial charge >= 0.3 is 0 Å². The summed E-state index contributed by atoms with van der Waals surface area (Å²) in [6.45, 7) is 3.96. The van der Waals surface area contributed by atoms with Gasteiger partial charge in [0.15, 0.2) is 0 Å². The van der Waals surface area contributed by atoms with Gasteiger partial charge in [-0.15, -0.1) is 0 Å². The molecule has 0 spiro atoms. The van der Waals surface area contributed by atoms with Crippen molar-refractivity contribution in [2.75, 3.05) is 19.7 Å². The third-order valence-electron chi connectivity index (χ3n) is 3.47. The second kappa shape index (κ2) is 6.72. The molecular weight excluding hydrogens is 256 g/mol. The molecular formula is C15H22N2O3. The highest BCUT2D eigenvalue weighted by molar-refractivity contribution is 5.82. The highest BCUT2D eigenvalue weighted by Crippen LogP contribution is 2.13. The van der Waals surface area contributed by atoms with Crippen molar-refractivity contribution in [3.8, 4) is 5.75 Å². The van der Waals surface area contributed by atoms with Gasteiger partial charge in [-0.25, -0.2) is 0 Å². The number of phenols is 1. The monoisotopic (exact) mass is 278 g/mol. The van der Waals surface area contributed by atoms with Gasteiger partial charge in [0.25, 0.3) is 0 Å². The largest absolute Gasteiger partial charge is 0.508 e. The van der Waals surface area contributed by atoms with Gasteiger partial charge in [-0.2, -0.15) is 0 Å². The van der Waals surface area contributed by atoms with Gasteiger partial charge in [0, 0.05) is 19.7 Å². The van der Waals surface area contributed by atoms with E-state index in [9.17, 15) is 9.90 Å². The summed E-state index contributed by atoms with van der Waals surface area (Å²) >= 11 is 0. The van der Waals surface area contributed by atoms with Gasteiger partial charge in [0.2, 0.25) is 5.91 Å². The molecule has 110 valence electrons. The highest BCUT2D eigenvalue weighted by Gasteiger charge is 2.24. The summed E-state index contributed by atoms with van der Waals surface area (Å²) in [7, 11) is 0. The molecule has 1 aliphatic heterocycles. The first kappa shape index (κ1) is 14.8. The lowest BCUT2D eigenvalue weighted by molar-refractivity contribution is -0.133. The molecule has 20 heavy (non-hydrogen) atoms. The summed E-state index contributed by atoms with van der Waals surface area (Å²) in [6.07, 6.45) is 1.38. The summed E-state index contributed by atoms with van der Waals surface area (Å²) in [5.41, 5.74) is 6.97. The van der Waals surface area contributed by atoms with Crippen molar-refractivity contribution in [3.05, 3.63) is 29.8 Å². The molecule has 0 saturated carbocycles. The zero-order chi connectivity index (χ0) is 14.5. The number of hydrogen-bond acceptors (Lipinski definition) is 4. The molecule has 5 nitrogen and oxygen atoms in total. The van der Waals surface area contributed by atoms with E-state index in [2.05, 4.69) is 0 Å². The summed E-state index contributed by atoms with van der Waals surface area (Å²) in [5, 5.41) is 9.24. The second-order valence-corrected chi connectivity index (χ2v) is 5.30. The molecule has 2 rings (SSSR count). The minimum atomic E-state index is -0.551. The molecule has 1 amide bonds. The van der Waals surface area contributed by atoms with Gasteiger partial charge in [-0.05, 0) is 37.5 Å². The van der Waals surface area contributed by atoms with E-state index < -0.39 is 6.04 Å². The Labute approximate surface area is 119 Å². The van der Waals surface area contributed by atoms with Gasteiger partial charge in [0.05, 0.1) is 12.1 Å². The van der Waals surface area contributed by atoms with Gasteiger partial charge < -0.3 is 20.5 Å². The minimum absolute atomic E-state index is 0.0320. The van der Waals surface area contributed by atoms with E-state index in [1.165, 1.54) is 0 Å². The summed E-state index contributed by atoms with van der Waals surface area (Å²) in [6, 6.07) is 6.24. The molecule has 0 radical (unpaired) electrons. The van der Waals surface area contributed by atoms with Crippen LogP contribution in [0, 0.1) is 0 Å². The topological polar surface area (TPSA) is 75.8 Å². The summed E-state index contributed by atoms with van der Waals surface area (Å²) in [5.74, 6) is 0.183. The quantitative estimate of drug-likeness (QED) is 0.861. The average Bonchev–Trinajstić information content (AvgIpc) is 2.65. The number of phenolic OH excluding ortho intramolecular Hbond substituents is 1. The molecule has 1 heterocycles. The Morgan fingerprint density at radius 3 is 2.90 bits per heavy atom. The van der Waals surface area contributed by atoms with Crippen LogP contribution >= 0.6 is 0 Å². The lowest BCUT2D eigenvalue weighted by atomic mass is 10.1. The molecule has 1 aromatic rings. The van der Waals surface area contributed by atoms with Gasteiger partial charge in [-0.1, -0.05) is 12.1 Å². The number of ether oxygens (including phenoxy) is 1. The number of nitrogens with zero attached hydrogens (tertiary/aromatic N) is 1. The van der Waals surface area contributed by atoms with Crippen LogP contribution in [0.25, 0.3) is 0 Å². The zero-order valence-electron chi connectivity index (χ0n) is 11.8. The fourth-order valence-corrected chi connectivity index (χ4v) is 2.40. The molecule has 1 aliphatic rings. The van der Waals surface area contributed by atoms with Crippen LogP contribution in [-0.4, -0.2) is 47.8 Å². The lowest BCUT2D eigenvalue weighted by Crippen LogP contribution is -2.46. The van der Waals surface area contributed by atoms with Crippen LogP contribution in [0.4, 0.5) is 0 Å². The Balaban J connectivity index is 1.95.